The second-order valence-corrected chi connectivity index (χ2v) is 8.12. The summed E-state index contributed by atoms with van der Waals surface area (Å²) >= 11 is 6.54. The van der Waals surface area contributed by atoms with Crippen molar-refractivity contribution in [3.05, 3.63) is 52.7 Å². The average Bonchev–Trinajstić information content (AvgIpc) is 3.19. The lowest BCUT2D eigenvalue weighted by Gasteiger charge is -2.39. The fourth-order valence-electron chi connectivity index (χ4n) is 3.49. The van der Waals surface area contributed by atoms with E-state index in [2.05, 4.69) is 22.4 Å². The van der Waals surface area contributed by atoms with Crippen LogP contribution >= 0.6 is 24.0 Å². The van der Waals surface area contributed by atoms with E-state index >= 15 is 0 Å². The zero-order chi connectivity index (χ0) is 17.6. The Morgan fingerprint density at radius 2 is 1.96 bits per heavy atom. The summed E-state index contributed by atoms with van der Waals surface area (Å²) in [5.74, 6) is 0.218. The Kier molecular flexibility index (Phi) is 6.57. The number of para-hydroxylation sites is 1. The SMILES string of the molecule is CCC(=O)N(c1ccccc1)C1CCN(CC(S)c2cccs2)CC1. The molecule has 0 radical (unpaired) electrons. The van der Waals surface area contributed by atoms with E-state index in [1.807, 2.05) is 42.2 Å². The van der Waals surface area contributed by atoms with Crippen LogP contribution in [-0.4, -0.2) is 36.5 Å². The molecule has 0 spiro atoms. The molecule has 1 aliphatic heterocycles. The van der Waals surface area contributed by atoms with E-state index < -0.39 is 0 Å². The summed E-state index contributed by atoms with van der Waals surface area (Å²) in [5.41, 5.74) is 1.03. The number of benzene rings is 1. The molecule has 2 aromatic rings. The fourth-order valence-corrected chi connectivity index (χ4v) is 4.70. The monoisotopic (exact) mass is 374 g/mol. The zero-order valence-corrected chi connectivity index (χ0v) is 16.4. The summed E-state index contributed by atoms with van der Waals surface area (Å²) in [4.78, 5) is 18.4. The van der Waals surface area contributed by atoms with Crippen molar-refractivity contribution in [2.24, 2.45) is 0 Å². The van der Waals surface area contributed by atoms with Crippen LogP contribution in [0.4, 0.5) is 5.69 Å². The molecule has 1 amide bonds. The van der Waals surface area contributed by atoms with Crippen LogP contribution in [0.3, 0.4) is 0 Å². The van der Waals surface area contributed by atoms with Crippen LogP contribution in [0, 0.1) is 0 Å². The Bertz CT molecular complexity index is 652. The summed E-state index contributed by atoms with van der Waals surface area (Å²) in [7, 11) is 0. The summed E-state index contributed by atoms with van der Waals surface area (Å²) in [5, 5.41) is 2.39. The molecule has 1 aromatic heterocycles. The lowest BCUT2D eigenvalue weighted by molar-refractivity contribution is -0.119. The molecule has 3 rings (SSSR count). The molecule has 2 heterocycles. The van der Waals surface area contributed by atoms with Crippen LogP contribution < -0.4 is 4.90 Å². The predicted molar refractivity (Wildman–Crippen MR) is 110 cm³/mol. The largest absolute Gasteiger partial charge is 0.309 e. The molecular weight excluding hydrogens is 348 g/mol. The van der Waals surface area contributed by atoms with Crippen LogP contribution in [0.1, 0.15) is 36.3 Å². The molecule has 1 fully saturated rings. The molecule has 0 bridgehead atoms. The second kappa shape index (κ2) is 8.88. The summed E-state index contributed by atoms with van der Waals surface area (Å²) in [6, 6.07) is 14.6. The average molecular weight is 375 g/mol. The smallest absolute Gasteiger partial charge is 0.226 e. The number of carbonyl (C=O) groups excluding carboxylic acids is 1. The highest BCUT2D eigenvalue weighted by Crippen LogP contribution is 2.29. The van der Waals surface area contributed by atoms with Gasteiger partial charge in [-0.15, -0.1) is 11.3 Å². The minimum Gasteiger partial charge on any atom is -0.309 e. The van der Waals surface area contributed by atoms with Crippen LogP contribution in [-0.2, 0) is 4.79 Å². The number of nitrogens with zero attached hydrogens (tertiary/aromatic N) is 2. The third kappa shape index (κ3) is 4.66. The maximum absolute atomic E-state index is 12.5. The molecule has 1 aromatic carbocycles. The minimum absolute atomic E-state index is 0.218. The molecule has 3 nitrogen and oxygen atoms in total. The van der Waals surface area contributed by atoms with E-state index in [0.717, 1.165) is 38.2 Å². The summed E-state index contributed by atoms with van der Waals surface area (Å²) in [6.45, 7) is 4.96. The van der Waals surface area contributed by atoms with Gasteiger partial charge in [-0.1, -0.05) is 31.2 Å². The predicted octanol–water partition coefficient (Wildman–Crippen LogP) is 4.63. The minimum atomic E-state index is 0.218. The Morgan fingerprint density at radius 3 is 2.56 bits per heavy atom. The first-order valence-electron chi connectivity index (χ1n) is 9.00. The first kappa shape index (κ1) is 18.5. The van der Waals surface area contributed by atoms with Crippen molar-refractivity contribution in [2.75, 3.05) is 24.5 Å². The van der Waals surface area contributed by atoms with Gasteiger partial charge in [-0.2, -0.15) is 12.6 Å². The van der Waals surface area contributed by atoms with Gasteiger partial charge in [0.2, 0.25) is 5.91 Å². The number of likely N-dealkylation sites (tertiary alicyclic amines) is 1. The van der Waals surface area contributed by atoms with E-state index in [1.165, 1.54) is 4.88 Å². The van der Waals surface area contributed by atoms with Crippen molar-refractivity contribution in [1.82, 2.24) is 4.90 Å². The van der Waals surface area contributed by atoms with Gasteiger partial charge < -0.3 is 9.80 Å². The Labute approximate surface area is 160 Å². The first-order valence-corrected chi connectivity index (χ1v) is 10.4. The number of anilines is 1. The molecule has 1 saturated heterocycles. The van der Waals surface area contributed by atoms with Crippen LogP contribution in [0.15, 0.2) is 47.8 Å². The highest BCUT2D eigenvalue weighted by atomic mass is 32.1. The second-order valence-electron chi connectivity index (χ2n) is 6.52. The van der Waals surface area contributed by atoms with Crippen molar-refractivity contribution < 1.29 is 4.79 Å². The number of piperidine rings is 1. The highest BCUT2D eigenvalue weighted by molar-refractivity contribution is 7.80. The van der Waals surface area contributed by atoms with E-state index in [4.69, 9.17) is 12.6 Å². The van der Waals surface area contributed by atoms with E-state index in [9.17, 15) is 4.79 Å². The molecule has 0 aliphatic carbocycles. The zero-order valence-electron chi connectivity index (χ0n) is 14.7. The number of carbonyl (C=O) groups is 1. The Morgan fingerprint density at radius 1 is 1.24 bits per heavy atom. The molecule has 134 valence electrons. The van der Waals surface area contributed by atoms with Crippen LogP contribution in [0.2, 0.25) is 0 Å². The van der Waals surface area contributed by atoms with Crippen molar-refractivity contribution >= 4 is 35.6 Å². The van der Waals surface area contributed by atoms with Gasteiger partial charge in [0, 0.05) is 47.9 Å². The fraction of sp³-hybridized carbons (Fsp3) is 0.450. The van der Waals surface area contributed by atoms with E-state index in [1.54, 1.807) is 11.3 Å². The van der Waals surface area contributed by atoms with Gasteiger partial charge in [-0.3, -0.25) is 4.79 Å². The van der Waals surface area contributed by atoms with Gasteiger partial charge in [0.05, 0.1) is 0 Å². The molecule has 25 heavy (non-hydrogen) atoms. The van der Waals surface area contributed by atoms with Gasteiger partial charge >= 0.3 is 0 Å². The molecular formula is C20H26N2OS2. The van der Waals surface area contributed by atoms with Crippen molar-refractivity contribution in [1.29, 1.82) is 0 Å². The van der Waals surface area contributed by atoms with Gasteiger partial charge in [0.1, 0.15) is 0 Å². The number of thiophene rings is 1. The number of hydrogen-bond acceptors (Lipinski definition) is 4. The summed E-state index contributed by atoms with van der Waals surface area (Å²) in [6.07, 6.45) is 2.59. The number of hydrogen-bond donors (Lipinski definition) is 1. The van der Waals surface area contributed by atoms with Crippen LogP contribution in [0.25, 0.3) is 0 Å². The van der Waals surface area contributed by atoms with Crippen molar-refractivity contribution in [2.45, 2.75) is 37.5 Å². The topological polar surface area (TPSA) is 23.6 Å². The first-order chi connectivity index (χ1) is 12.2. The maximum Gasteiger partial charge on any atom is 0.226 e. The summed E-state index contributed by atoms with van der Waals surface area (Å²) < 4.78 is 0. The lowest BCUT2D eigenvalue weighted by atomic mass is 10.0. The van der Waals surface area contributed by atoms with Crippen LogP contribution in [0.5, 0.6) is 0 Å². The number of amides is 1. The molecule has 1 atom stereocenters. The van der Waals surface area contributed by atoms with Gasteiger partial charge in [0.15, 0.2) is 0 Å². The molecule has 0 saturated carbocycles. The Hall–Kier alpha value is -1.30. The normalized spacial score (nSPS) is 17.4. The number of rotatable bonds is 6. The van der Waals surface area contributed by atoms with E-state index in [0.29, 0.717) is 12.5 Å². The quantitative estimate of drug-likeness (QED) is 0.746. The maximum atomic E-state index is 12.5. The van der Waals surface area contributed by atoms with Crippen molar-refractivity contribution in [3.8, 4) is 0 Å². The van der Waals surface area contributed by atoms with Gasteiger partial charge in [-0.25, -0.2) is 0 Å². The molecule has 1 aliphatic rings. The molecule has 0 N–H and O–H groups in total. The van der Waals surface area contributed by atoms with Gasteiger partial charge in [-0.05, 0) is 36.4 Å². The third-order valence-electron chi connectivity index (χ3n) is 4.83. The lowest BCUT2D eigenvalue weighted by Crippen LogP contribution is -2.48. The van der Waals surface area contributed by atoms with Gasteiger partial charge in [0.25, 0.3) is 0 Å². The third-order valence-corrected chi connectivity index (χ3v) is 6.43. The Balaban J connectivity index is 1.60. The molecule has 5 heteroatoms. The number of thiol groups is 1. The van der Waals surface area contributed by atoms with Crippen molar-refractivity contribution in [3.63, 3.8) is 0 Å². The standard InChI is InChI=1S/C20H26N2OS2/c1-2-20(23)22(16-7-4-3-5-8-16)17-10-12-21(13-11-17)15-18(24)19-9-6-14-25-19/h3-9,14,17-18,24H,2,10-13,15H2,1H3. The molecule has 1 unspecified atom stereocenters. The highest BCUT2D eigenvalue weighted by Gasteiger charge is 2.29. The van der Waals surface area contributed by atoms with E-state index in [-0.39, 0.29) is 11.2 Å².